The van der Waals surface area contributed by atoms with Crippen molar-refractivity contribution in [2.24, 2.45) is 0 Å². The summed E-state index contributed by atoms with van der Waals surface area (Å²) in [5.41, 5.74) is 1.99. The Morgan fingerprint density at radius 2 is 1.86 bits per heavy atom. The molecule has 4 aromatic rings. The van der Waals surface area contributed by atoms with Crippen molar-refractivity contribution < 1.29 is 33.5 Å². The zero-order valence-corrected chi connectivity index (χ0v) is 21.3. The van der Waals surface area contributed by atoms with Crippen molar-refractivity contribution in [2.45, 2.75) is 39.7 Å². The van der Waals surface area contributed by atoms with Crippen molar-refractivity contribution in [2.75, 3.05) is 7.11 Å². The normalized spacial score (nSPS) is 11.0. The topological polar surface area (TPSA) is 145 Å². The average Bonchev–Trinajstić information content (AvgIpc) is 3.42. The van der Waals surface area contributed by atoms with Gasteiger partial charge in [-0.25, -0.2) is 14.8 Å². The molecule has 36 heavy (non-hydrogen) atoms. The molecule has 0 saturated carbocycles. The summed E-state index contributed by atoms with van der Waals surface area (Å²) < 4.78 is 15.7. The summed E-state index contributed by atoms with van der Waals surface area (Å²) >= 11 is 1.37. The van der Waals surface area contributed by atoms with Gasteiger partial charge in [-0.2, -0.15) is 0 Å². The van der Waals surface area contributed by atoms with Crippen molar-refractivity contribution in [3.63, 3.8) is 0 Å². The van der Waals surface area contributed by atoms with Gasteiger partial charge in [0.1, 0.15) is 11.1 Å². The Morgan fingerprint density at radius 3 is 2.44 bits per heavy atom. The number of esters is 1. The minimum Gasteiger partial charge on any atom is -0.480 e. The fourth-order valence-corrected chi connectivity index (χ4v) is 4.02. The third-order valence-corrected chi connectivity index (χ3v) is 5.73. The Kier molecular flexibility index (Phi) is 8.56. The summed E-state index contributed by atoms with van der Waals surface area (Å²) in [5.74, 6) is -0.272. The molecule has 0 atom stereocenters. The lowest BCUT2D eigenvalue weighted by molar-refractivity contribution is 0.00685. The van der Waals surface area contributed by atoms with E-state index in [1.807, 2.05) is 45.2 Å². The van der Waals surface area contributed by atoms with E-state index in [9.17, 15) is 9.59 Å². The molecular weight excluding hydrogens is 485 g/mol. The van der Waals surface area contributed by atoms with Gasteiger partial charge >= 0.3 is 13.1 Å². The molecule has 0 saturated heterocycles. The van der Waals surface area contributed by atoms with Crippen LogP contribution in [0.25, 0.3) is 11.1 Å². The highest BCUT2D eigenvalue weighted by atomic mass is 32.1. The molecule has 0 unspecified atom stereocenters. The first kappa shape index (κ1) is 27.0. The summed E-state index contributed by atoms with van der Waals surface area (Å²) in [4.78, 5) is 37.3. The Hall–Kier alpha value is -3.61. The molecule has 2 N–H and O–H groups in total. The summed E-state index contributed by atoms with van der Waals surface area (Å²) in [7, 11) is -0.118. The van der Waals surface area contributed by atoms with Crippen molar-refractivity contribution in [3.05, 3.63) is 63.9 Å². The molecule has 188 valence electrons. The van der Waals surface area contributed by atoms with E-state index in [4.69, 9.17) is 23.9 Å². The van der Waals surface area contributed by atoms with Gasteiger partial charge in [-0.05, 0) is 50.8 Å². The number of carbonyl (C=O) groups is 2. The molecule has 0 bridgehead atoms. The van der Waals surface area contributed by atoms with Gasteiger partial charge in [0.2, 0.25) is 11.7 Å². The predicted octanol–water partition coefficient (Wildman–Crippen LogP) is 2.74. The zero-order valence-electron chi connectivity index (χ0n) is 20.5. The number of para-hydroxylation sites is 2. The minimum absolute atomic E-state index is 0.0555. The number of methoxy groups -OCH3 is 1. The van der Waals surface area contributed by atoms with Crippen LogP contribution in [0.1, 0.15) is 52.3 Å². The van der Waals surface area contributed by atoms with E-state index < -0.39 is 18.7 Å². The number of oxazole rings is 1. The number of carbonyl (C=O) groups excluding carboxylic acids is 2. The zero-order chi connectivity index (χ0) is 26.5. The molecule has 0 aliphatic heterocycles. The number of fused-ring (bicyclic) bond motifs is 1. The third kappa shape index (κ3) is 6.97. The molecule has 0 spiro atoms. The SMILES string of the molecule is COc1cnc(B(O)O)cn1.Cc1csc(CC(=O)c2nc3ccccc3o2)c1C(=O)OC(C)(C)C. The molecule has 0 radical (unpaired) electrons. The van der Waals surface area contributed by atoms with Gasteiger partial charge < -0.3 is 23.9 Å². The summed E-state index contributed by atoms with van der Waals surface area (Å²) in [6.07, 6.45) is 2.61. The van der Waals surface area contributed by atoms with Crippen molar-refractivity contribution in [3.8, 4) is 5.88 Å². The number of aryl methyl sites for hydroxylation is 1. The Labute approximate surface area is 212 Å². The van der Waals surface area contributed by atoms with Crippen LogP contribution in [0.15, 0.2) is 46.5 Å². The lowest BCUT2D eigenvalue weighted by atomic mass is 9.87. The number of ether oxygens (including phenoxy) is 2. The average molecular weight is 511 g/mol. The van der Waals surface area contributed by atoms with Crippen molar-refractivity contribution in [1.29, 1.82) is 0 Å². The fourth-order valence-electron chi connectivity index (χ4n) is 3.01. The van der Waals surface area contributed by atoms with Gasteiger partial charge in [0.05, 0.1) is 30.9 Å². The van der Waals surface area contributed by atoms with Gasteiger partial charge in [-0.3, -0.25) is 9.78 Å². The molecule has 0 amide bonds. The van der Waals surface area contributed by atoms with E-state index in [2.05, 4.69) is 15.0 Å². The molecule has 3 heterocycles. The smallest absolute Gasteiger partial charge is 0.480 e. The number of thiophene rings is 1. The van der Waals surface area contributed by atoms with Gasteiger partial charge in [0, 0.05) is 11.1 Å². The Balaban J connectivity index is 0.000000275. The number of Topliss-reactive ketones (excluding diaryl/α,β-unsaturated/α-hetero) is 1. The standard InChI is InChI=1S/C19H19NO4S.C5H7BN2O3/c1-11-10-25-15(16(11)18(22)24-19(2,3)4)9-13(21)17-20-12-7-5-6-8-14(12)23-17;1-11-5-3-7-4(2-8-5)6(9)10/h5-8,10H,9H2,1-4H3;2-3,9-10H,1H3. The summed E-state index contributed by atoms with van der Waals surface area (Å²) in [6.45, 7) is 7.28. The number of ketones is 1. The van der Waals surface area contributed by atoms with E-state index in [0.717, 1.165) is 5.56 Å². The number of aromatic nitrogens is 3. The first-order chi connectivity index (χ1) is 17.0. The highest BCUT2D eigenvalue weighted by Gasteiger charge is 2.26. The van der Waals surface area contributed by atoms with E-state index in [-0.39, 0.29) is 23.7 Å². The quantitative estimate of drug-likeness (QED) is 0.225. The van der Waals surface area contributed by atoms with E-state index in [1.54, 1.807) is 12.1 Å². The number of hydrogen-bond donors (Lipinski definition) is 2. The highest BCUT2D eigenvalue weighted by Crippen LogP contribution is 2.27. The van der Waals surface area contributed by atoms with Gasteiger partial charge in [-0.1, -0.05) is 12.1 Å². The lowest BCUT2D eigenvalue weighted by Gasteiger charge is -2.20. The molecule has 0 aliphatic carbocycles. The maximum Gasteiger partial charge on any atom is 0.509 e. The van der Waals surface area contributed by atoms with Crippen molar-refractivity contribution >= 4 is 46.9 Å². The van der Waals surface area contributed by atoms with Crippen LogP contribution < -0.4 is 10.3 Å². The highest BCUT2D eigenvalue weighted by molar-refractivity contribution is 7.10. The van der Waals surface area contributed by atoms with Crippen LogP contribution in [-0.2, 0) is 11.2 Å². The molecule has 4 rings (SSSR count). The van der Waals surface area contributed by atoms with Crippen LogP contribution in [-0.4, -0.2) is 56.6 Å². The predicted molar refractivity (Wildman–Crippen MR) is 135 cm³/mol. The van der Waals surface area contributed by atoms with Crippen LogP contribution in [0.5, 0.6) is 5.88 Å². The number of hydrogen-bond acceptors (Lipinski definition) is 11. The molecule has 1 aromatic carbocycles. The van der Waals surface area contributed by atoms with Crippen LogP contribution in [0.2, 0.25) is 0 Å². The molecule has 0 fully saturated rings. The molecule has 12 heteroatoms. The van der Waals surface area contributed by atoms with Crippen LogP contribution in [0.3, 0.4) is 0 Å². The molecule has 3 aromatic heterocycles. The number of benzene rings is 1. The van der Waals surface area contributed by atoms with Crippen LogP contribution in [0.4, 0.5) is 0 Å². The minimum atomic E-state index is -1.58. The number of rotatable bonds is 6. The fraction of sp³-hybridized carbons (Fsp3) is 0.292. The Morgan fingerprint density at radius 1 is 1.14 bits per heavy atom. The molecule has 10 nitrogen and oxygen atoms in total. The lowest BCUT2D eigenvalue weighted by Crippen LogP contribution is -2.32. The molecule has 0 aliphatic rings. The number of nitrogens with zero attached hydrogens (tertiary/aromatic N) is 3. The Bertz CT molecular complexity index is 1310. The largest absolute Gasteiger partial charge is 0.509 e. The second kappa shape index (κ2) is 11.4. The van der Waals surface area contributed by atoms with E-state index >= 15 is 0 Å². The second-order valence-corrected chi connectivity index (χ2v) is 9.63. The van der Waals surface area contributed by atoms with E-state index in [0.29, 0.717) is 27.4 Å². The van der Waals surface area contributed by atoms with E-state index in [1.165, 1.54) is 30.8 Å². The molecular formula is C24H26BN3O7S. The van der Waals surface area contributed by atoms with Crippen molar-refractivity contribution in [1.82, 2.24) is 15.0 Å². The van der Waals surface area contributed by atoms with Crippen LogP contribution in [0, 0.1) is 6.92 Å². The maximum absolute atomic E-state index is 12.6. The van der Waals surface area contributed by atoms with Crippen LogP contribution >= 0.6 is 11.3 Å². The van der Waals surface area contributed by atoms with Gasteiger partial charge in [0.15, 0.2) is 5.58 Å². The van der Waals surface area contributed by atoms with Gasteiger partial charge in [-0.15, -0.1) is 11.3 Å². The first-order valence-electron chi connectivity index (χ1n) is 10.9. The summed E-state index contributed by atoms with van der Waals surface area (Å²) in [5, 5.41) is 19.1. The summed E-state index contributed by atoms with van der Waals surface area (Å²) in [6, 6.07) is 7.21. The second-order valence-electron chi connectivity index (χ2n) is 8.66. The maximum atomic E-state index is 12.6. The third-order valence-electron chi connectivity index (χ3n) is 4.63. The van der Waals surface area contributed by atoms with Gasteiger partial charge in [0.25, 0.3) is 5.89 Å². The first-order valence-corrected chi connectivity index (χ1v) is 11.8. The monoisotopic (exact) mass is 511 g/mol.